The molecule has 0 saturated carbocycles. The molecular weight excluding hydrogens is 222 g/mol. The van der Waals surface area contributed by atoms with Crippen molar-refractivity contribution in [2.75, 3.05) is 20.2 Å². The van der Waals surface area contributed by atoms with E-state index >= 15 is 0 Å². The van der Waals surface area contributed by atoms with Gasteiger partial charge in [0.15, 0.2) is 0 Å². The molecule has 0 bridgehead atoms. The van der Waals surface area contributed by atoms with Gasteiger partial charge >= 0.3 is 0 Å². The third-order valence-corrected chi connectivity index (χ3v) is 3.64. The van der Waals surface area contributed by atoms with E-state index in [1.807, 2.05) is 19.2 Å². The van der Waals surface area contributed by atoms with Gasteiger partial charge in [-0.25, -0.2) is 0 Å². The minimum Gasteiger partial charge on any atom is -0.378 e. The molecule has 1 aromatic rings. The maximum absolute atomic E-state index is 5.88. The fourth-order valence-electron chi connectivity index (χ4n) is 2.31. The zero-order chi connectivity index (χ0) is 11.4. The first-order valence-corrected chi connectivity index (χ1v) is 6.12. The summed E-state index contributed by atoms with van der Waals surface area (Å²) < 4.78 is 5.74. The van der Waals surface area contributed by atoms with E-state index in [4.69, 9.17) is 16.3 Å². The van der Waals surface area contributed by atoms with E-state index in [0.717, 1.165) is 37.4 Å². The van der Waals surface area contributed by atoms with Crippen molar-refractivity contribution in [2.45, 2.75) is 24.9 Å². The number of ether oxygens (including phenoxy) is 1. The number of hydrogen-bond donors (Lipinski definition) is 1. The molecule has 16 heavy (non-hydrogen) atoms. The van der Waals surface area contributed by atoms with Crippen LogP contribution in [-0.2, 0) is 11.2 Å². The van der Waals surface area contributed by atoms with Crippen molar-refractivity contribution in [2.24, 2.45) is 0 Å². The van der Waals surface area contributed by atoms with Crippen molar-refractivity contribution in [3.8, 4) is 0 Å². The Kier molecular flexibility index (Phi) is 3.85. The monoisotopic (exact) mass is 239 g/mol. The largest absolute Gasteiger partial charge is 0.378 e. The average molecular weight is 240 g/mol. The van der Waals surface area contributed by atoms with Gasteiger partial charge in [0, 0.05) is 18.6 Å². The average Bonchev–Trinajstić information content (AvgIpc) is 2.33. The molecule has 0 spiro atoms. The molecule has 1 fully saturated rings. The SMILES string of the molecule is COC1(Cc2ccc(Cl)cc2)CCNCC1. The Labute approximate surface area is 102 Å². The Morgan fingerprint density at radius 3 is 2.44 bits per heavy atom. The van der Waals surface area contributed by atoms with Crippen molar-refractivity contribution < 1.29 is 4.74 Å². The van der Waals surface area contributed by atoms with Crippen LogP contribution in [-0.4, -0.2) is 25.8 Å². The van der Waals surface area contributed by atoms with Crippen LogP contribution in [0.15, 0.2) is 24.3 Å². The zero-order valence-corrected chi connectivity index (χ0v) is 10.4. The van der Waals surface area contributed by atoms with Crippen molar-refractivity contribution in [1.82, 2.24) is 5.32 Å². The zero-order valence-electron chi connectivity index (χ0n) is 9.63. The summed E-state index contributed by atoms with van der Waals surface area (Å²) in [7, 11) is 1.82. The Morgan fingerprint density at radius 1 is 1.25 bits per heavy atom. The molecule has 0 aliphatic carbocycles. The molecule has 1 heterocycles. The molecule has 3 heteroatoms. The number of piperidine rings is 1. The van der Waals surface area contributed by atoms with E-state index in [9.17, 15) is 0 Å². The minimum absolute atomic E-state index is 0.0130. The van der Waals surface area contributed by atoms with Crippen LogP contribution in [0, 0.1) is 0 Å². The third kappa shape index (κ3) is 2.76. The summed E-state index contributed by atoms with van der Waals surface area (Å²) in [6.45, 7) is 2.09. The highest BCUT2D eigenvalue weighted by molar-refractivity contribution is 6.30. The van der Waals surface area contributed by atoms with Crippen LogP contribution in [0.2, 0.25) is 5.02 Å². The molecule has 1 aliphatic rings. The minimum atomic E-state index is 0.0130. The highest BCUT2D eigenvalue weighted by Crippen LogP contribution is 2.27. The number of benzene rings is 1. The topological polar surface area (TPSA) is 21.3 Å². The van der Waals surface area contributed by atoms with Crippen LogP contribution in [0.1, 0.15) is 18.4 Å². The van der Waals surface area contributed by atoms with Crippen LogP contribution in [0.5, 0.6) is 0 Å². The summed E-state index contributed by atoms with van der Waals surface area (Å²) in [5, 5.41) is 4.16. The highest BCUT2D eigenvalue weighted by atomic mass is 35.5. The Morgan fingerprint density at radius 2 is 1.88 bits per heavy atom. The summed E-state index contributed by atoms with van der Waals surface area (Å²) in [6.07, 6.45) is 3.13. The quantitative estimate of drug-likeness (QED) is 0.876. The summed E-state index contributed by atoms with van der Waals surface area (Å²) in [6, 6.07) is 8.07. The molecule has 0 unspecified atom stereocenters. The maximum Gasteiger partial charge on any atom is 0.0743 e. The lowest BCUT2D eigenvalue weighted by atomic mass is 9.86. The van der Waals surface area contributed by atoms with Crippen molar-refractivity contribution in [3.05, 3.63) is 34.9 Å². The number of methoxy groups -OCH3 is 1. The molecule has 2 rings (SSSR count). The van der Waals surface area contributed by atoms with E-state index in [2.05, 4.69) is 17.4 Å². The van der Waals surface area contributed by atoms with Gasteiger partial charge < -0.3 is 10.1 Å². The van der Waals surface area contributed by atoms with E-state index in [1.165, 1.54) is 5.56 Å². The van der Waals surface area contributed by atoms with Gasteiger partial charge in [0.2, 0.25) is 0 Å². The lowest BCUT2D eigenvalue weighted by Crippen LogP contribution is -2.44. The predicted octanol–water partition coefficient (Wildman–Crippen LogP) is 2.65. The molecule has 0 aromatic heterocycles. The normalized spacial score (nSPS) is 19.6. The second-order valence-electron chi connectivity index (χ2n) is 4.44. The van der Waals surface area contributed by atoms with E-state index in [-0.39, 0.29) is 5.60 Å². The number of halogens is 1. The van der Waals surface area contributed by atoms with Gasteiger partial charge in [-0.1, -0.05) is 23.7 Å². The van der Waals surface area contributed by atoms with Gasteiger partial charge in [-0.05, 0) is 43.6 Å². The maximum atomic E-state index is 5.88. The lowest BCUT2D eigenvalue weighted by molar-refractivity contribution is -0.0333. The van der Waals surface area contributed by atoms with Crippen molar-refractivity contribution in [3.63, 3.8) is 0 Å². The molecule has 1 saturated heterocycles. The van der Waals surface area contributed by atoms with Crippen molar-refractivity contribution in [1.29, 1.82) is 0 Å². The molecule has 1 aliphatic heterocycles. The summed E-state index contributed by atoms with van der Waals surface area (Å²) in [5.74, 6) is 0. The summed E-state index contributed by atoms with van der Waals surface area (Å²) >= 11 is 5.88. The first kappa shape index (κ1) is 11.9. The molecule has 1 N–H and O–H groups in total. The van der Waals surface area contributed by atoms with Gasteiger partial charge in [-0.2, -0.15) is 0 Å². The van der Waals surface area contributed by atoms with Crippen LogP contribution in [0.25, 0.3) is 0 Å². The van der Waals surface area contributed by atoms with E-state index < -0.39 is 0 Å². The standard InChI is InChI=1S/C13H18ClNO/c1-16-13(6-8-15-9-7-13)10-11-2-4-12(14)5-3-11/h2-5,15H,6-10H2,1H3. The number of hydrogen-bond acceptors (Lipinski definition) is 2. The molecule has 0 atom stereocenters. The Balaban J connectivity index is 2.08. The lowest BCUT2D eigenvalue weighted by Gasteiger charge is -2.36. The second kappa shape index (κ2) is 5.17. The van der Waals surface area contributed by atoms with Gasteiger partial charge in [-0.3, -0.25) is 0 Å². The second-order valence-corrected chi connectivity index (χ2v) is 4.88. The molecular formula is C13H18ClNO. The van der Waals surface area contributed by atoms with Crippen LogP contribution in [0.4, 0.5) is 0 Å². The highest BCUT2D eigenvalue weighted by Gasteiger charge is 2.31. The first-order valence-electron chi connectivity index (χ1n) is 5.74. The molecule has 1 aromatic carbocycles. The van der Waals surface area contributed by atoms with Crippen LogP contribution < -0.4 is 5.32 Å². The molecule has 88 valence electrons. The van der Waals surface area contributed by atoms with E-state index in [0.29, 0.717) is 0 Å². The Hall–Kier alpha value is -0.570. The van der Waals surface area contributed by atoms with Crippen molar-refractivity contribution >= 4 is 11.6 Å². The van der Waals surface area contributed by atoms with E-state index in [1.54, 1.807) is 0 Å². The van der Waals surface area contributed by atoms with Gasteiger partial charge in [0.1, 0.15) is 0 Å². The van der Waals surface area contributed by atoms with Gasteiger partial charge in [-0.15, -0.1) is 0 Å². The number of nitrogens with one attached hydrogen (secondary N) is 1. The molecule has 0 radical (unpaired) electrons. The smallest absolute Gasteiger partial charge is 0.0743 e. The summed E-state index contributed by atoms with van der Waals surface area (Å²) in [5.41, 5.74) is 1.31. The van der Waals surface area contributed by atoms with Crippen LogP contribution >= 0.6 is 11.6 Å². The fraction of sp³-hybridized carbons (Fsp3) is 0.538. The fourth-order valence-corrected chi connectivity index (χ4v) is 2.44. The van der Waals surface area contributed by atoms with Crippen LogP contribution in [0.3, 0.4) is 0 Å². The molecule has 2 nitrogen and oxygen atoms in total. The first-order chi connectivity index (χ1) is 7.74. The predicted molar refractivity (Wildman–Crippen MR) is 67.0 cm³/mol. The molecule has 0 amide bonds. The van der Waals surface area contributed by atoms with Gasteiger partial charge in [0.25, 0.3) is 0 Å². The summed E-state index contributed by atoms with van der Waals surface area (Å²) in [4.78, 5) is 0. The number of rotatable bonds is 3. The Bertz CT molecular complexity index is 330. The van der Waals surface area contributed by atoms with Gasteiger partial charge in [0.05, 0.1) is 5.60 Å². The third-order valence-electron chi connectivity index (χ3n) is 3.39.